The van der Waals surface area contributed by atoms with Crippen molar-refractivity contribution in [3.05, 3.63) is 53.5 Å². The predicted molar refractivity (Wildman–Crippen MR) is 78.8 cm³/mol. The van der Waals surface area contributed by atoms with Crippen molar-refractivity contribution in [2.24, 2.45) is 5.73 Å². The molecular formula is C15H17N5. The number of hydrogen-bond acceptors (Lipinski definition) is 3. The summed E-state index contributed by atoms with van der Waals surface area (Å²) in [6, 6.07) is 10.5. The average molecular weight is 267 g/mol. The number of hydrogen-bond donors (Lipinski definition) is 3. The lowest BCUT2D eigenvalue weighted by Crippen LogP contribution is -2.23. The summed E-state index contributed by atoms with van der Waals surface area (Å²) in [7, 11) is 0. The lowest BCUT2D eigenvalue weighted by atomic mass is 9.84. The van der Waals surface area contributed by atoms with Crippen LogP contribution in [0, 0.1) is 5.41 Å². The van der Waals surface area contributed by atoms with Gasteiger partial charge in [0.1, 0.15) is 0 Å². The number of nitrogens with one attached hydrogen (secondary N) is 2. The molecule has 1 aliphatic carbocycles. The summed E-state index contributed by atoms with van der Waals surface area (Å²) in [6.07, 6.45) is 4.58. The zero-order valence-corrected chi connectivity index (χ0v) is 11.1. The monoisotopic (exact) mass is 267 g/mol. The van der Waals surface area contributed by atoms with Gasteiger partial charge in [-0.05, 0) is 30.7 Å². The maximum atomic E-state index is 7.24. The second-order valence-corrected chi connectivity index (χ2v) is 5.04. The SMILES string of the molecule is N=C(N)Nc1cnc2c(n1)CC(c1ccccc1)CC2. The number of aromatic nitrogens is 2. The molecule has 0 saturated heterocycles. The number of nitrogens with two attached hydrogens (primary N) is 1. The summed E-state index contributed by atoms with van der Waals surface area (Å²) < 4.78 is 0. The normalized spacial score (nSPS) is 17.3. The Hall–Kier alpha value is -2.43. The Labute approximate surface area is 117 Å². The van der Waals surface area contributed by atoms with E-state index in [0.717, 1.165) is 30.7 Å². The highest BCUT2D eigenvalue weighted by molar-refractivity contribution is 5.88. The molecule has 4 N–H and O–H groups in total. The van der Waals surface area contributed by atoms with Gasteiger partial charge in [-0.2, -0.15) is 0 Å². The standard InChI is InChI=1S/C15H17N5/c16-15(17)20-14-9-18-12-7-6-11(8-13(12)19-14)10-4-2-1-3-5-10/h1-5,9,11H,6-8H2,(H4,16,17,19,20). The zero-order valence-electron chi connectivity index (χ0n) is 11.1. The average Bonchev–Trinajstić information content (AvgIpc) is 2.47. The second kappa shape index (κ2) is 5.28. The number of anilines is 1. The van der Waals surface area contributed by atoms with Gasteiger partial charge in [0, 0.05) is 0 Å². The Morgan fingerprint density at radius 2 is 2.05 bits per heavy atom. The van der Waals surface area contributed by atoms with Crippen LogP contribution in [0.4, 0.5) is 5.82 Å². The fraction of sp³-hybridized carbons (Fsp3) is 0.267. The van der Waals surface area contributed by atoms with Gasteiger partial charge in [0.25, 0.3) is 0 Å². The van der Waals surface area contributed by atoms with Gasteiger partial charge in [0.2, 0.25) is 0 Å². The van der Waals surface area contributed by atoms with Crippen LogP contribution >= 0.6 is 0 Å². The summed E-state index contributed by atoms with van der Waals surface area (Å²) in [5.74, 6) is 0.921. The third-order valence-electron chi connectivity index (χ3n) is 3.63. The largest absolute Gasteiger partial charge is 0.370 e. The third-order valence-corrected chi connectivity index (χ3v) is 3.63. The van der Waals surface area contributed by atoms with Gasteiger partial charge >= 0.3 is 0 Å². The first kappa shape index (κ1) is 12.6. The molecule has 0 fully saturated rings. The van der Waals surface area contributed by atoms with Crippen molar-refractivity contribution in [2.45, 2.75) is 25.2 Å². The molecule has 0 saturated carbocycles. The Morgan fingerprint density at radius 1 is 1.25 bits per heavy atom. The first-order valence-corrected chi connectivity index (χ1v) is 6.73. The molecule has 5 nitrogen and oxygen atoms in total. The van der Waals surface area contributed by atoms with Crippen LogP contribution in [-0.4, -0.2) is 15.9 Å². The molecular weight excluding hydrogens is 250 g/mol. The number of fused-ring (bicyclic) bond motifs is 1. The molecule has 0 aliphatic heterocycles. The predicted octanol–water partition coefficient (Wildman–Crippen LogP) is 2.05. The fourth-order valence-corrected chi connectivity index (χ4v) is 2.68. The van der Waals surface area contributed by atoms with Crippen LogP contribution in [0.25, 0.3) is 0 Å². The summed E-state index contributed by atoms with van der Waals surface area (Å²) >= 11 is 0. The molecule has 1 heterocycles. The van der Waals surface area contributed by atoms with Crippen LogP contribution in [0.5, 0.6) is 0 Å². The molecule has 1 aromatic carbocycles. The molecule has 20 heavy (non-hydrogen) atoms. The minimum absolute atomic E-state index is 0.116. The molecule has 2 aromatic rings. The van der Waals surface area contributed by atoms with E-state index in [1.54, 1.807) is 6.20 Å². The third kappa shape index (κ3) is 2.61. The molecule has 0 amide bonds. The van der Waals surface area contributed by atoms with Crippen molar-refractivity contribution in [1.82, 2.24) is 9.97 Å². The van der Waals surface area contributed by atoms with E-state index in [0.29, 0.717) is 11.7 Å². The van der Waals surface area contributed by atoms with Gasteiger partial charge in [-0.15, -0.1) is 0 Å². The lowest BCUT2D eigenvalue weighted by molar-refractivity contribution is 0.562. The molecule has 1 aliphatic rings. The highest BCUT2D eigenvalue weighted by Gasteiger charge is 2.22. The van der Waals surface area contributed by atoms with E-state index in [1.807, 2.05) is 6.07 Å². The molecule has 1 unspecified atom stereocenters. The van der Waals surface area contributed by atoms with Crippen molar-refractivity contribution >= 4 is 11.8 Å². The molecule has 0 spiro atoms. The molecule has 1 atom stereocenters. The summed E-state index contributed by atoms with van der Waals surface area (Å²) in [4.78, 5) is 8.96. The van der Waals surface area contributed by atoms with Crippen LogP contribution in [0.3, 0.4) is 0 Å². The maximum absolute atomic E-state index is 7.24. The van der Waals surface area contributed by atoms with Crippen molar-refractivity contribution in [1.29, 1.82) is 5.41 Å². The van der Waals surface area contributed by atoms with E-state index in [-0.39, 0.29) is 5.96 Å². The molecule has 0 bridgehead atoms. The molecule has 5 heteroatoms. The highest BCUT2D eigenvalue weighted by Crippen LogP contribution is 2.31. The van der Waals surface area contributed by atoms with Gasteiger partial charge in [-0.3, -0.25) is 10.4 Å². The van der Waals surface area contributed by atoms with Crippen LogP contribution in [0.2, 0.25) is 0 Å². The van der Waals surface area contributed by atoms with Crippen molar-refractivity contribution < 1.29 is 0 Å². The fourth-order valence-electron chi connectivity index (χ4n) is 2.68. The number of aryl methyl sites for hydroxylation is 1. The Morgan fingerprint density at radius 3 is 2.80 bits per heavy atom. The number of benzene rings is 1. The molecule has 102 valence electrons. The van der Waals surface area contributed by atoms with Gasteiger partial charge in [0.15, 0.2) is 11.8 Å². The number of nitrogens with zero attached hydrogens (tertiary/aromatic N) is 2. The van der Waals surface area contributed by atoms with Gasteiger partial charge < -0.3 is 11.1 Å². The number of guanidine groups is 1. The summed E-state index contributed by atoms with van der Waals surface area (Å²) in [5, 5.41) is 9.94. The second-order valence-electron chi connectivity index (χ2n) is 5.04. The van der Waals surface area contributed by atoms with Crippen LogP contribution < -0.4 is 11.1 Å². The first-order valence-electron chi connectivity index (χ1n) is 6.73. The van der Waals surface area contributed by atoms with E-state index < -0.39 is 0 Å². The Balaban J connectivity index is 1.84. The van der Waals surface area contributed by atoms with E-state index in [2.05, 4.69) is 39.6 Å². The van der Waals surface area contributed by atoms with Gasteiger partial charge in [-0.1, -0.05) is 30.3 Å². The van der Waals surface area contributed by atoms with Crippen LogP contribution in [0.15, 0.2) is 36.5 Å². The van der Waals surface area contributed by atoms with Crippen molar-refractivity contribution in [2.75, 3.05) is 5.32 Å². The maximum Gasteiger partial charge on any atom is 0.191 e. The van der Waals surface area contributed by atoms with E-state index >= 15 is 0 Å². The first-order chi connectivity index (χ1) is 9.72. The lowest BCUT2D eigenvalue weighted by Gasteiger charge is -2.23. The minimum atomic E-state index is -0.116. The Kier molecular flexibility index (Phi) is 3.33. The zero-order chi connectivity index (χ0) is 13.9. The van der Waals surface area contributed by atoms with Crippen LogP contribution in [-0.2, 0) is 12.8 Å². The Bertz CT molecular complexity index is 623. The smallest absolute Gasteiger partial charge is 0.191 e. The van der Waals surface area contributed by atoms with Crippen molar-refractivity contribution in [3.8, 4) is 0 Å². The summed E-state index contributed by atoms with van der Waals surface area (Å²) in [6.45, 7) is 0. The number of rotatable bonds is 2. The van der Waals surface area contributed by atoms with Crippen LogP contribution in [0.1, 0.15) is 29.3 Å². The van der Waals surface area contributed by atoms with Gasteiger partial charge in [0.05, 0.1) is 17.6 Å². The van der Waals surface area contributed by atoms with E-state index in [9.17, 15) is 0 Å². The van der Waals surface area contributed by atoms with Crippen molar-refractivity contribution in [3.63, 3.8) is 0 Å². The molecule has 1 aromatic heterocycles. The topological polar surface area (TPSA) is 87.7 Å². The highest BCUT2D eigenvalue weighted by atomic mass is 15.1. The van der Waals surface area contributed by atoms with E-state index in [4.69, 9.17) is 11.1 Å². The summed E-state index contributed by atoms with van der Waals surface area (Å²) in [5.41, 5.74) is 8.75. The minimum Gasteiger partial charge on any atom is -0.370 e. The van der Waals surface area contributed by atoms with E-state index in [1.165, 1.54) is 5.56 Å². The van der Waals surface area contributed by atoms with Gasteiger partial charge in [-0.25, -0.2) is 4.98 Å². The molecule has 0 radical (unpaired) electrons. The quantitative estimate of drug-likeness (QED) is 0.574. The molecule has 3 rings (SSSR count).